The van der Waals surface area contributed by atoms with Gasteiger partial charge in [-0.2, -0.15) is 17.6 Å². The Morgan fingerprint density at radius 2 is 1.42 bits per heavy atom. The Kier molecular flexibility index (Phi) is 6.37. The molecule has 0 spiro atoms. The first-order chi connectivity index (χ1) is 14.7. The van der Waals surface area contributed by atoms with Crippen LogP contribution in [-0.4, -0.2) is 29.9 Å². The summed E-state index contributed by atoms with van der Waals surface area (Å²) in [5, 5.41) is 13.1. The van der Waals surface area contributed by atoms with Crippen molar-refractivity contribution in [3.8, 4) is 22.9 Å². The minimum Gasteiger partial charge on any atom is -0.415 e. The molecular weight excluding hydrogens is 428 g/mol. The van der Waals surface area contributed by atoms with Crippen molar-refractivity contribution in [2.24, 2.45) is 7.05 Å². The number of nitrogens with one attached hydrogen (secondary N) is 1. The fourth-order valence-corrected chi connectivity index (χ4v) is 2.14. The highest BCUT2D eigenvalue weighted by Gasteiger charge is 2.18. The third kappa shape index (κ3) is 5.29. The summed E-state index contributed by atoms with van der Waals surface area (Å²) in [6.07, 6.45) is -2.77. The van der Waals surface area contributed by atoms with Crippen LogP contribution in [0.3, 0.4) is 0 Å². The normalized spacial score (nSPS) is 10.9. The summed E-state index contributed by atoms with van der Waals surface area (Å²) in [7, 11) is 1.57. The van der Waals surface area contributed by atoms with Crippen LogP contribution in [-0.2, 0) is 7.05 Å². The van der Waals surface area contributed by atoms with Crippen molar-refractivity contribution in [2.45, 2.75) is 12.9 Å². The second kappa shape index (κ2) is 9.15. The molecule has 0 bridgehead atoms. The Labute approximate surface area is 169 Å². The van der Waals surface area contributed by atoms with Gasteiger partial charge in [-0.15, -0.1) is 20.4 Å². The van der Waals surface area contributed by atoms with Gasteiger partial charge in [0.1, 0.15) is 0 Å². The maximum absolute atomic E-state index is 12.2. The van der Waals surface area contributed by atoms with Gasteiger partial charge in [-0.25, -0.2) is 0 Å². The van der Waals surface area contributed by atoms with E-state index in [0.717, 1.165) is 0 Å². The van der Waals surface area contributed by atoms with Crippen molar-refractivity contribution in [3.63, 3.8) is 0 Å². The number of aromatic amines is 1. The molecule has 4 heterocycles. The molecule has 0 atom stereocenters. The number of pyridine rings is 2. The molecule has 0 radical (unpaired) electrons. The number of hydrogen-bond donors (Lipinski definition) is 1. The summed E-state index contributed by atoms with van der Waals surface area (Å²) in [5.41, 5.74) is -0.0285. The van der Waals surface area contributed by atoms with Gasteiger partial charge in [-0.05, 0) is 12.1 Å². The molecule has 4 rings (SSSR count). The number of nitrogens with zero attached hydrogens (tertiary/aromatic N) is 5. The molecule has 1 N–H and O–H groups in total. The van der Waals surface area contributed by atoms with Crippen molar-refractivity contribution >= 4 is 0 Å². The van der Waals surface area contributed by atoms with Gasteiger partial charge in [0.25, 0.3) is 17.3 Å². The zero-order valence-corrected chi connectivity index (χ0v) is 15.5. The minimum absolute atomic E-state index is 0.0898. The lowest BCUT2D eigenvalue weighted by Gasteiger charge is -1.97. The Hall–Kier alpha value is -4.10. The highest BCUT2D eigenvalue weighted by atomic mass is 19.3. The number of hydrogen-bond acceptors (Lipinski definition) is 8. The quantitative estimate of drug-likeness (QED) is 0.479. The summed E-state index contributed by atoms with van der Waals surface area (Å²) in [4.78, 5) is 24.6. The molecule has 0 unspecified atom stereocenters. The number of aromatic nitrogens is 6. The Balaban J connectivity index is 0.000000176. The predicted molar refractivity (Wildman–Crippen MR) is 95.2 cm³/mol. The molecule has 0 saturated heterocycles. The summed E-state index contributed by atoms with van der Waals surface area (Å²) in [6, 6.07) is 5.43. The van der Waals surface area contributed by atoms with E-state index in [-0.39, 0.29) is 22.9 Å². The van der Waals surface area contributed by atoms with Crippen LogP contribution in [0.4, 0.5) is 17.6 Å². The summed E-state index contributed by atoms with van der Waals surface area (Å²) in [6.45, 7) is 0. The number of halogens is 4. The topological polar surface area (TPSA) is 133 Å². The zero-order valence-electron chi connectivity index (χ0n) is 15.5. The smallest absolute Gasteiger partial charge is 0.314 e. The fraction of sp³-hybridized carbons (Fsp3) is 0.176. The number of rotatable bonds is 4. The van der Waals surface area contributed by atoms with Gasteiger partial charge >= 0.3 is 12.9 Å². The number of H-pyrrole nitrogens is 1. The van der Waals surface area contributed by atoms with E-state index in [9.17, 15) is 27.2 Å². The van der Waals surface area contributed by atoms with E-state index in [1.807, 2.05) is 0 Å². The van der Waals surface area contributed by atoms with Gasteiger partial charge in [0, 0.05) is 42.7 Å². The fourth-order valence-electron chi connectivity index (χ4n) is 2.14. The SMILES string of the molecule is Cn1ccc(-c2nnc(C(F)F)o2)cc1=O.O=c1cc(-c2nnc(C(F)F)o2)cc[nH]1. The molecule has 0 fully saturated rings. The largest absolute Gasteiger partial charge is 0.415 e. The zero-order chi connectivity index (χ0) is 22.5. The molecular formula is C17H12F4N6O4. The van der Waals surface area contributed by atoms with Crippen molar-refractivity contribution < 1.29 is 26.4 Å². The van der Waals surface area contributed by atoms with Crippen LogP contribution < -0.4 is 11.1 Å². The molecule has 0 aliphatic rings. The molecule has 10 nitrogen and oxygen atoms in total. The van der Waals surface area contributed by atoms with Gasteiger partial charge in [0.2, 0.25) is 17.3 Å². The second-order valence-electron chi connectivity index (χ2n) is 5.80. The van der Waals surface area contributed by atoms with Crippen LogP contribution >= 0.6 is 0 Å². The lowest BCUT2D eigenvalue weighted by Crippen LogP contribution is -2.14. The molecule has 4 aromatic heterocycles. The van der Waals surface area contributed by atoms with Gasteiger partial charge in [0.15, 0.2) is 0 Å². The second-order valence-corrected chi connectivity index (χ2v) is 5.80. The van der Waals surface area contributed by atoms with Crippen LogP contribution in [0.2, 0.25) is 0 Å². The first kappa shape index (κ1) is 21.6. The Bertz CT molecular complexity index is 1280. The molecule has 4 aromatic rings. The maximum atomic E-state index is 12.2. The third-order valence-electron chi connectivity index (χ3n) is 3.63. The number of alkyl halides is 4. The van der Waals surface area contributed by atoms with E-state index < -0.39 is 24.6 Å². The minimum atomic E-state index is -2.81. The highest BCUT2D eigenvalue weighted by Crippen LogP contribution is 2.22. The lowest BCUT2D eigenvalue weighted by atomic mass is 10.3. The Morgan fingerprint density at radius 1 is 0.871 bits per heavy atom. The standard InChI is InChI=1S/C9H7F2N3O2.C8H5F2N3O2/c1-14-3-2-5(4-6(14)15)8-12-13-9(16-8)7(10)11;9-6(10)8-13-12-7(15-8)4-1-2-11-5(14)3-4/h2-4,7H,1H3;1-3,6H,(H,11,14). The molecule has 31 heavy (non-hydrogen) atoms. The molecule has 14 heteroatoms. The molecule has 0 aromatic carbocycles. The van der Waals surface area contributed by atoms with E-state index in [1.54, 1.807) is 7.05 Å². The van der Waals surface area contributed by atoms with Gasteiger partial charge in [-0.3, -0.25) is 9.59 Å². The maximum Gasteiger partial charge on any atom is 0.314 e. The van der Waals surface area contributed by atoms with Crippen LogP contribution in [0.5, 0.6) is 0 Å². The average Bonchev–Trinajstić information content (AvgIpc) is 3.41. The van der Waals surface area contributed by atoms with Crippen LogP contribution in [0.1, 0.15) is 24.6 Å². The Morgan fingerprint density at radius 3 is 1.87 bits per heavy atom. The first-order valence-corrected chi connectivity index (χ1v) is 8.34. The summed E-state index contributed by atoms with van der Waals surface area (Å²) >= 11 is 0. The van der Waals surface area contributed by atoms with E-state index in [0.29, 0.717) is 11.1 Å². The van der Waals surface area contributed by atoms with E-state index in [1.165, 1.54) is 41.2 Å². The van der Waals surface area contributed by atoms with E-state index in [2.05, 4.69) is 29.8 Å². The molecule has 0 aliphatic heterocycles. The molecule has 0 saturated carbocycles. The summed E-state index contributed by atoms with van der Waals surface area (Å²) < 4.78 is 59.3. The van der Waals surface area contributed by atoms with Crippen LogP contribution in [0, 0.1) is 0 Å². The third-order valence-corrected chi connectivity index (χ3v) is 3.63. The van der Waals surface area contributed by atoms with E-state index >= 15 is 0 Å². The first-order valence-electron chi connectivity index (χ1n) is 8.34. The number of aryl methyl sites for hydroxylation is 1. The average molecular weight is 440 g/mol. The highest BCUT2D eigenvalue weighted by molar-refractivity contribution is 5.51. The van der Waals surface area contributed by atoms with Gasteiger partial charge in [-0.1, -0.05) is 0 Å². The van der Waals surface area contributed by atoms with Crippen molar-refractivity contribution in [1.82, 2.24) is 29.9 Å². The molecule has 0 aliphatic carbocycles. The van der Waals surface area contributed by atoms with Gasteiger partial charge in [0.05, 0.1) is 0 Å². The summed E-state index contributed by atoms with van der Waals surface area (Å²) in [5.74, 6) is -1.70. The van der Waals surface area contributed by atoms with Gasteiger partial charge < -0.3 is 18.4 Å². The predicted octanol–water partition coefficient (Wildman–Crippen LogP) is 2.74. The van der Waals surface area contributed by atoms with Crippen molar-refractivity contribution in [1.29, 1.82) is 0 Å². The monoisotopic (exact) mass is 440 g/mol. The van der Waals surface area contributed by atoms with Crippen LogP contribution in [0.15, 0.2) is 55.1 Å². The molecule has 0 amide bonds. The van der Waals surface area contributed by atoms with Crippen molar-refractivity contribution in [3.05, 3.63) is 69.1 Å². The molecule has 162 valence electrons. The van der Waals surface area contributed by atoms with E-state index in [4.69, 9.17) is 4.42 Å². The van der Waals surface area contributed by atoms with Crippen molar-refractivity contribution in [2.75, 3.05) is 0 Å². The van der Waals surface area contributed by atoms with Crippen LogP contribution in [0.25, 0.3) is 22.9 Å². The lowest BCUT2D eigenvalue weighted by molar-refractivity contribution is 0.115.